The summed E-state index contributed by atoms with van der Waals surface area (Å²) in [6.45, 7) is 9.74. The second-order valence-electron chi connectivity index (χ2n) is 7.02. The van der Waals surface area contributed by atoms with Crippen molar-refractivity contribution in [3.05, 3.63) is 29.8 Å². The van der Waals surface area contributed by atoms with Gasteiger partial charge in [0.25, 0.3) is 5.91 Å². The number of ether oxygens (including phenoxy) is 2. The van der Waals surface area contributed by atoms with Crippen LogP contribution in [0, 0.1) is 0 Å². The summed E-state index contributed by atoms with van der Waals surface area (Å²) in [7, 11) is 0. The SMILES string of the molecule is CCNC(=NCc1ccccc1OCC)N1CCN(C(=O)C2CCCO2)CC1.I. The molecule has 1 aromatic carbocycles. The molecule has 0 bridgehead atoms. The van der Waals surface area contributed by atoms with Crippen LogP contribution in [0.15, 0.2) is 29.3 Å². The molecular weight excluding hydrogens is 483 g/mol. The average Bonchev–Trinajstić information content (AvgIpc) is 3.27. The van der Waals surface area contributed by atoms with Gasteiger partial charge in [-0.3, -0.25) is 4.79 Å². The fraction of sp³-hybridized carbons (Fsp3) is 0.619. The second-order valence-corrected chi connectivity index (χ2v) is 7.02. The Labute approximate surface area is 190 Å². The lowest BCUT2D eigenvalue weighted by Gasteiger charge is -2.37. The van der Waals surface area contributed by atoms with Crippen LogP contribution in [0.25, 0.3) is 0 Å². The van der Waals surface area contributed by atoms with E-state index in [0.717, 1.165) is 49.7 Å². The van der Waals surface area contributed by atoms with Gasteiger partial charge in [0.2, 0.25) is 0 Å². The highest BCUT2D eigenvalue weighted by molar-refractivity contribution is 14.0. The highest BCUT2D eigenvalue weighted by Gasteiger charge is 2.30. The molecule has 8 heteroatoms. The van der Waals surface area contributed by atoms with Crippen molar-refractivity contribution in [1.82, 2.24) is 15.1 Å². The molecule has 7 nitrogen and oxygen atoms in total. The van der Waals surface area contributed by atoms with Crippen LogP contribution >= 0.6 is 24.0 Å². The number of halogens is 1. The van der Waals surface area contributed by atoms with E-state index in [1.54, 1.807) is 0 Å². The van der Waals surface area contributed by atoms with Gasteiger partial charge >= 0.3 is 0 Å². The standard InChI is InChI=1S/C21H32N4O3.HI/c1-3-22-21(23-16-17-8-5-6-9-18(17)27-4-2)25-13-11-24(12-14-25)20(26)19-10-7-15-28-19;/h5-6,8-9,19H,3-4,7,10-16H2,1-2H3,(H,22,23);1H. The first-order chi connectivity index (χ1) is 13.7. The summed E-state index contributed by atoms with van der Waals surface area (Å²) in [4.78, 5) is 21.5. The second kappa shape index (κ2) is 12.2. The molecule has 0 spiro atoms. The first-order valence-electron chi connectivity index (χ1n) is 10.4. The van der Waals surface area contributed by atoms with Gasteiger partial charge in [-0.05, 0) is 32.8 Å². The van der Waals surface area contributed by atoms with Gasteiger partial charge in [0.05, 0.1) is 13.2 Å². The molecule has 2 aliphatic rings. The predicted molar refractivity (Wildman–Crippen MR) is 125 cm³/mol. The number of amides is 1. The van der Waals surface area contributed by atoms with Gasteiger partial charge in [-0.25, -0.2) is 4.99 Å². The van der Waals surface area contributed by atoms with Crippen LogP contribution in [0.1, 0.15) is 32.3 Å². The molecule has 1 N–H and O–H groups in total. The van der Waals surface area contributed by atoms with Gasteiger partial charge in [0.1, 0.15) is 11.9 Å². The van der Waals surface area contributed by atoms with Gasteiger partial charge in [0, 0.05) is 44.9 Å². The molecular formula is C21H33IN4O3. The van der Waals surface area contributed by atoms with E-state index in [1.165, 1.54) is 0 Å². The number of piperazine rings is 1. The molecule has 0 aliphatic carbocycles. The number of rotatable bonds is 6. The molecule has 0 aromatic heterocycles. The van der Waals surface area contributed by atoms with E-state index in [-0.39, 0.29) is 36.0 Å². The number of hydrogen-bond donors (Lipinski definition) is 1. The van der Waals surface area contributed by atoms with Gasteiger partial charge in [-0.2, -0.15) is 0 Å². The molecule has 0 radical (unpaired) electrons. The summed E-state index contributed by atoms with van der Waals surface area (Å²) >= 11 is 0. The van der Waals surface area contributed by atoms with Crippen LogP contribution in [0.4, 0.5) is 0 Å². The van der Waals surface area contributed by atoms with Crippen molar-refractivity contribution in [1.29, 1.82) is 0 Å². The normalized spacial score (nSPS) is 19.7. The molecule has 2 aliphatic heterocycles. The maximum absolute atomic E-state index is 12.5. The van der Waals surface area contributed by atoms with Crippen molar-refractivity contribution < 1.29 is 14.3 Å². The number of benzene rings is 1. The van der Waals surface area contributed by atoms with Crippen LogP contribution in [0.5, 0.6) is 5.75 Å². The molecule has 1 aromatic rings. The number of guanidine groups is 1. The van der Waals surface area contributed by atoms with E-state index < -0.39 is 0 Å². The monoisotopic (exact) mass is 516 g/mol. The lowest BCUT2D eigenvalue weighted by Crippen LogP contribution is -2.55. The number of aliphatic imine (C=N–C) groups is 1. The molecule has 0 saturated carbocycles. The third-order valence-electron chi connectivity index (χ3n) is 5.10. The topological polar surface area (TPSA) is 66.4 Å². The van der Waals surface area contributed by atoms with Crippen LogP contribution < -0.4 is 10.1 Å². The van der Waals surface area contributed by atoms with Crippen molar-refractivity contribution in [3.63, 3.8) is 0 Å². The van der Waals surface area contributed by atoms with E-state index in [2.05, 4.69) is 23.2 Å². The van der Waals surface area contributed by atoms with E-state index in [1.807, 2.05) is 30.0 Å². The van der Waals surface area contributed by atoms with Gasteiger partial charge in [0.15, 0.2) is 5.96 Å². The van der Waals surface area contributed by atoms with E-state index in [4.69, 9.17) is 14.5 Å². The van der Waals surface area contributed by atoms with Crippen LogP contribution in [0.3, 0.4) is 0 Å². The molecule has 2 fully saturated rings. The summed E-state index contributed by atoms with van der Waals surface area (Å²) in [5.74, 6) is 1.92. The lowest BCUT2D eigenvalue weighted by atomic mass is 10.2. The molecule has 2 heterocycles. The molecule has 29 heavy (non-hydrogen) atoms. The molecule has 162 valence electrons. The molecule has 3 rings (SSSR count). The number of nitrogens with one attached hydrogen (secondary N) is 1. The zero-order valence-electron chi connectivity index (χ0n) is 17.4. The minimum absolute atomic E-state index is 0. The quantitative estimate of drug-likeness (QED) is 0.358. The van der Waals surface area contributed by atoms with Crippen molar-refractivity contribution in [2.45, 2.75) is 39.3 Å². The first-order valence-corrected chi connectivity index (χ1v) is 10.4. The van der Waals surface area contributed by atoms with Crippen LogP contribution in [0.2, 0.25) is 0 Å². The summed E-state index contributed by atoms with van der Waals surface area (Å²) in [5, 5.41) is 3.38. The third-order valence-corrected chi connectivity index (χ3v) is 5.10. The Morgan fingerprint density at radius 1 is 1.21 bits per heavy atom. The van der Waals surface area contributed by atoms with Crippen molar-refractivity contribution in [2.75, 3.05) is 45.9 Å². The Hall–Kier alpha value is -1.55. The van der Waals surface area contributed by atoms with Crippen LogP contribution in [-0.2, 0) is 16.1 Å². The smallest absolute Gasteiger partial charge is 0.251 e. The average molecular weight is 516 g/mol. The zero-order valence-corrected chi connectivity index (χ0v) is 19.8. The minimum Gasteiger partial charge on any atom is -0.494 e. The lowest BCUT2D eigenvalue weighted by molar-refractivity contribution is -0.142. The maximum Gasteiger partial charge on any atom is 0.251 e. The fourth-order valence-electron chi connectivity index (χ4n) is 3.63. The largest absolute Gasteiger partial charge is 0.494 e. The highest BCUT2D eigenvalue weighted by Crippen LogP contribution is 2.19. The summed E-state index contributed by atoms with van der Waals surface area (Å²) < 4.78 is 11.3. The van der Waals surface area contributed by atoms with E-state index >= 15 is 0 Å². The summed E-state index contributed by atoms with van der Waals surface area (Å²) in [6.07, 6.45) is 1.60. The van der Waals surface area contributed by atoms with Crippen molar-refractivity contribution >= 4 is 35.8 Å². The maximum atomic E-state index is 12.5. The Bertz CT molecular complexity index is 672. The first kappa shape index (κ1) is 23.7. The third kappa shape index (κ3) is 6.47. The molecule has 1 amide bonds. The number of hydrogen-bond acceptors (Lipinski definition) is 4. The van der Waals surface area contributed by atoms with Gasteiger partial charge in [-0.15, -0.1) is 24.0 Å². The number of para-hydroxylation sites is 1. The van der Waals surface area contributed by atoms with Gasteiger partial charge < -0.3 is 24.6 Å². The van der Waals surface area contributed by atoms with Crippen molar-refractivity contribution in [3.8, 4) is 5.75 Å². The predicted octanol–water partition coefficient (Wildman–Crippen LogP) is 2.49. The number of carbonyl (C=O) groups excluding carboxylic acids is 1. The fourth-order valence-corrected chi connectivity index (χ4v) is 3.63. The van der Waals surface area contributed by atoms with E-state index in [9.17, 15) is 4.79 Å². The highest BCUT2D eigenvalue weighted by atomic mass is 127. The number of nitrogens with zero attached hydrogens (tertiary/aromatic N) is 3. The van der Waals surface area contributed by atoms with Gasteiger partial charge in [-0.1, -0.05) is 18.2 Å². The molecule has 1 atom stereocenters. The van der Waals surface area contributed by atoms with Crippen LogP contribution in [-0.4, -0.2) is 73.7 Å². The molecule has 2 saturated heterocycles. The summed E-state index contributed by atoms with van der Waals surface area (Å²) in [6, 6.07) is 8.02. The molecule has 1 unspecified atom stereocenters. The minimum atomic E-state index is -0.233. The summed E-state index contributed by atoms with van der Waals surface area (Å²) in [5.41, 5.74) is 1.08. The zero-order chi connectivity index (χ0) is 19.8. The Kier molecular flexibility index (Phi) is 9.99. The Morgan fingerprint density at radius 3 is 2.59 bits per heavy atom. The van der Waals surface area contributed by atoms with Crippen molar-refractivity contribution in [2.24, 2.45) is 4.99 Å². The Balaban J connectivity index is 0.00000300. The van der Waals surface area contributed by atoms with E-state index in [0.29, 0.717) is 32.8 Å². The Morgan fingerprint density at radius 2 is 1.93 bits per heavy atom. The number of carbonyl (C=O) groups is 1.